The Balaban J connectivity index is 2.47. The van der Waals surface area contributed by atoms with Gasteiger partial charge in [0.1, 0.15) is 0 Å². The molecule has 0 aliphatic rings. The Morgan fingerprint density at radius 2 is 2.20 bits per heavy atom. The van der Waals surface area contributed by atoms with E-state index in [2.05, 4.69) is 19.2 Å². The second-order valence-electron chi connectivity index (χ2n) is 3.86. The maximum atomic E-state index is 13.0. The van der Waals surface area contributed by atoms with Crippen molar-refractivity contribution in [1.29, 1.82) is 0 Å². The molecule has 0 radical (unpaired) electrons. The first-order chi connectivity index (χ1) is 7.13. The Morgan fingerprint density at radius 1 is 1.47 bits per heavy atom. The first-order valence-corrected chi connectivity index (χ1v) is 5.34. The third kappa shape index (κ3) is 3.88. The lowest BCUT2D eigenvalue weighted by atomic mass is 10.1. The van der Waals surface area contributed by atoms with Gasteiger partial charge in [-0.2, -0.15) is 0 Å². The normalized spacial score (nSPS) is 12.7. The molecule has 1 unspecified atom stereocenters. The number of halogens is 1. The molecule has 0 fully saturated rings. The largest absolute Gasteiger partial charge is 0.505 e. The van der Waals surface area contributed by atoms with Crippen molar-refractivity contribution in [3.8, 4) is 5.75 Å². The van der Waals surface area contributed by atoms with E-state index in [0.717, 1.165) is 18.4 Å². The van der Waals surface area contributed by atoms with Crippen molar-refractivity contribution in [3.63, 3.8) is 0 Å². The molecule has 15 heavy (non-hydrogen) atoms. The van der Waals surface area contributed by atoms with Crippen molar-refractivity contribution in [2.24, 2.45) is 0 Å². The fraction of sp³-hybridized carbons (Fsp3) is 0.500. The molecule has 3 heteroatoms. The SMILES string of the molecule is CCCC(C)NCc1ccc(O)c(F)c1. The maximum Gasteiger partial charge on any atom is 0.165 e. The van der Waals surface area contributed by atoms with Crippen LogP contribution in [0.15, 0.2) is 18.2 Å². The van der Waals surface area contributed by atoms with Gasteiger partial charge in [0.15, 0.2) is 11.6 Å². The zero-order valence-electron chi connectivity index (χ0n) is 9.26. The van der Waals surface area contributed by atoms with Crippen molar-refractivity contribution in [1.82, 2.24) is 5.32 Å². The summed E-state index contributed by atoms with van der Waals surface area (Å²) < 4.78 is 13.0. The third-order valence-corrected chi connectivity index (χ3v) is 2.39. The quantitative estimate of drug-likeness (QED) is 0.785. The van der Waals surface area contributed by atoms with Crippen LogP contribution < -0.4 is 5.32 Å². The molecule has 1 aromatic rings. The number of phenolic OH excluding ortho intramolecular Hbond substituents is 1. The number of hydrogen-bond donors (Lipinski definition) is 2. The van der Waals surface area contributed by atoms with E-state index in [1.807, 2.05) is 0 Å². The molecule has 0 bridgehead atoms. The van der Waals surface area contributed by atoms with Gasteiger partial charge in [0.25, 0.3) is 0 Å². The minimum absolute atomic E-state index is 0.291. The van der Waals surface area contributed by atoms with Crippen LogP contribution in [0.1, 0.15) is 32.3 Å². The van der Waals surface area contributed by atoms with Gasteiger partial charge in [-0.25, -0.2) is 4.39 Å². The minimum Gasteiger partial charge on any atom is -0.505 e. The Bertz CT molecular complexity index is 314. The summed E-state index contributed by atoms with van der Waals surface area (Å²) >= 11 is 0. The third-order valence-electron chi connectivity index (χ3n) is 2.39. The molecule has 1 rings (SSSR count). The molecule has 0 saturated heterocycles. The van der Waals surface area contributed by atoms with Crippen LogP contribution in [-0.2, 0) is 6.54 Å². The summed E-state index contributed by atoms with van der Waals surface area (Å²) in [6.45, 7) is 4.89. The average Bonchev–Trinajstić information content (AvgIpc) is 2.20. The van der Waals surface area contributed by atoms with E-state index in [0.29, 0.717) is 12.6 Å². The average molecular weight is 211 g/mol. The number of nitrogens with one attached hydrogen (secondary N) is 1. The lowest BCUT2D eigenvalue weighted by Crippen LogP contribution is -2.25. The van der Waals surface area contributed by atoms with Gasteiger partial charge in [0, 0.05) is 12.6 Å². The number of benzene rings is 1. The van der Waals surface area contributed by atoms with Gasteiger partial charge in [-0.15, -0.1) is 0 Å². The predicted molar refractivity (Wildman–Crippen MR) is 59.3 cm³/mol. The highest BCUT2D eigenvalue weighted by molar-refractivity contribution is 5.27. The Morgan fingerprint density at radius 3 is 2.80 bits per heavy atom. The molecule has 0 aromatic heterocycles. The molecule has 2 N–H and O–H groups in total. The van der Waals surface area contributed by atoms with Crippen molar-refractivity contribution < 1.29 is 9.50 Å². The van der Waals surface area contributed by atoms with E-state index >= 15 is 0 Å². The maximum absolute atomic E-state index is 13.0. The van der Waals surface area contributed by atoms with Crippen molar-refractivity contribution >= 4 is 0 Å². The van der Waals surface area contributed by atoms with Crippen LogP contribution in [0.2, 0.25) is 0 Å². The van der Waals surface area contributed by atoms with Gasteiger partial charge in [-0.1, -0.05) is 19.4 Å². The summed E-state index contributed by atoms with van der Waals surface area (Å²) in [5.41, 5.74) is 0.855. The van der Waals surface area contributed by atoms with Crippen LogP contribution in [0.5, 0.6) is 5.75 Å². The van der Waals surface area contributed by atoms with E-state index in [9.17, 15) is 4.39 Å². The first kappa shape index (κ1) is 12.0. The molecule has 1 atom stereocenters. The van der Waals surface area contributed by atoms with Crippen molar-refractivity contribution in [3.05, 3.63) is 29.6 Å². The van der Waals surface area contributed by atoms with E-state index in [4.69, 9.17) is 5.11 Å². The summed E-state index contributed by atoms with van der Waals surface area (Å²) in [5.74, 6) is -0.849. The Kier molecular flexibility index (Phi) is 4.56. The van der Waals surface area contributed by atoms with Gasteiger partial charge in [-0.05, 0) is 31.0 Å². The van der Waals surface area contributed by atoms with Crippen LogP contribution in [0.3, 0.4) is 0 Å². The van der Waals surface area contributed by atoms with Crippen LogP contribution in [-0.4, -0.2) is 11.1 Å². The number of phenols is 1. The molecule has 1 aromatic carbocycles. The molecule has 84 valence electrons. The fourth-order valence-electron chi connectivity index (χ4n) is 1.49. The lowest BCUT2D eigenvalue weighted by Gasteiger charge is -2.12. The standard InChI is InChI=1S/C12H18FNO/c1-3-4-9(2)14-8-10-5-6-12(15)11(13)7-10/h5-7,9,14-15H,3-4,8H2,1-2H3. The number of hydrogen-bond acceptors (Lipinski definition) is 2. The van der Waals surface area contributed by atoms with Gasteiger partial charge in [0.2, 0.25) is 0 Å². The topological polar surface area (TPSA) is 32.3 Å². The Labute approximate surface area is 90.1 Å². The Hall–Kier alpha value is -1.09. The predicted octanol–water partition coefficient (Wildman–Crippen LogP) is 2.81. The lowest BCUT2D eigenvalue weighted by molar-refractivity contribution is 0.431. The second kappa shape index (κ2) is 5.71. The highest BCUT2D eigenvalue weighted by Crippen LogP contribution is 2.16. The van der Waals surface area contributed by atoms with E-state index in [1.54, 1.807) is 6.07 Å². The summed E-state index contributed by atoms with van der Waals surface area (Å²) in [5, 5.41) is 12.3. The highest BCUT2D eigenvalue weighted by atomic mass is 19.1. The van der Waals surface area contributed by atoms with Gasteiger partial charge >= 0.3 is 0 Å². The zero-order valence-corrected chi connectivity index (χ0v) is 9.26. The van der Waals surface area contributed by atoms with Crippen LogP contribution >= 0.6 is 0 Å². The van der Waals surface area contributed by atoms with E-state index in [1.165, 1.54) is 12.1 Å². The van der Waals surface area contributed by atoms with Crippen LogP contribution in [0.4, 0.5) is 4.39 Å². The number of rotatable bonds is 5. The molecular weight excluding hydrogens is 193 g/mol. The molecule has 2 nitrogen and oxygen atoms in total. The molecule has 0 aliphatic carbocycles. The second-order valence-corrected chi connectivity index (χ2v) is 3.86. The fourth-order valence-corrected chi connectivity index (χ4v) is 1.49. The summed E-state index contributed by atoms with van der Waals surface area (Å²) in [6.07, 6.45) is 2.25. The highest BCUT2D eigenvalue weighted by Gasteiger charge is 2.03. The summed E-state index contributed by atoms with van der Waals surface area (Å²) in [6, 6.07) is 4.91. The zero-order chi connectivity index (χ0) is 11.3. The summed E-state index contributed by atoms with van der Waals surface area (Å²) in [7, 11) is 0. The molecule has 0 heterocycles. The van der Waals surface area contributed by atoms with E-state index in [-0.39, 0.29) is 5.75 Å². The monoisotopic (exact) mass is 211 g/mol. The van der Waals surface area contributed by atoms with Gasteiger partial charge in [-0.3, -0.25) is 0 Å². The molecule has 0 saturated carbocycles. The van der Waals surface area contributed by atoms with E-state index < -0.39 is 5.82 Å². The van der Waals surface area contributed by atoms with Gasteiger partial charge < -0.3 is 10.4 Å². The van der Waals surface area contributed by atoms with Crippen LogP contribution in [0.25, 0.3) is 0 Å². The number of aromatic hydroxyl groups is 1. The van der Waals surface area contributed by atoms with Gasteiger partial charge in [0.05, 0.1) is 0 Å². The van der Waals surface area contributed by atoms with Crippen molar-refractivity contribution in [2.45, 2.75) is 39.3 Å². The molecule has 0 amide bonds. The smallest absolute Gasteiger partial charge is 0.165 e. The summed E-state index contributed by atoms with van der Waals surface area (Å²) in [4.78, 5) is 0. The van der Waals surface area contributed by atoms with Crippen molar-refractivity contribution in [2.75, 3.05) is 0 Å². The van der Waals surface area contributed by atoms with Crippen LogP contribution in [0, 0.1) is 5.82 Å². The molecule has 0 aliphatic heterocycles. The molecular formula is C12H18FNO. The molecule has 0 spiro atoms. The minimum atomic E-state index is -0.558. The first-order valence-electron chi connectivity index (χ1n) is 5.34.